The van der Waals surface area contributed by atoms with Crippen LogP contribution in [0.3, 0.4) is 0 Å². The third kappa shape index (κ3) is 4.07. The number of nitrogens with one attached hydrogen (secondary N) is 1. The number of primary amides is 1. The summed E-state index contributed by atoms with van der Waals surface area (Å²) < 4.78 is 17.4. The number of nitriles is 1. The van der Waals surface area contributed by atoms with Crippen LogP contribution in [-0.2, 0) is 11.2 Å². The summed E-state index contributed by atoms with van der Waals surface area (Å²) in [6.45, 7) is 3.96. The molecule has 1 aliphatic heterocycles. The number of aromatic amines is 1. The zero-order valence-corrected chi connectivity index (χ0v) is 18.2. The minimum atomic E-state index is -0.604. The monoisotopic (exact) mass is 475 g/mol. The fourth-order valence-electron chi connectivity index (χ4n) is 3.38. The molecule has 1 amide bonds. The van der Waals surface area contributed by atoms with Gasteiger partial charge in [-0.3, -0.25) is 9.89 Å². The van der Waals surface area contributed by atoms with Gasteiger partial charge in [0.2, 0.25) is 11.8 Å². The van der Waals surface area contributed by atoms with E-state index in [0.717, 1.165) is 29.7 Å². The van der Waals surface area contributed by atoms with Gasteiger partial charge in [-0.25, -0.2) is 0 Å². The van der Waals surface area contributed by atoms with Gasteiger partial charge in [0.05, 0.1) is 17.0 Å². The van der Waals surface area contributed by atoms with E-state index in [1.54, 1.807) is 12.1 Å². The standard InChI is InChI=1S/C20H22BrN5O4/c1-3-5-13-17-16(11(8-22)19(24)30-20(17)26-25-13)10-6-12(21)18(29-9-15(23)27)14(7-10)28-4-2/h6-7,16H,3-5,9,24H2,1-2H3,(H2,23,27)(H,25,26). The second-order valence-corrected chi connectivity index (χ2v) is 7.47. The number of halogens is 1. The number of H-pyrrole nitrogens is 1. The molecule has 1 atom stereocenters. The first-order valence-electron chi connectivity index (χ1n) is 9.43. The van der Waals surface area contributed by atoms with E-state index in [0.29, 0.717) is 28.5 Å². The molecular weight excluding hydrogens is 454 g/mol. The van der Waals surface area contributed by atoms with Gasteiger partial charge < -0.3 is 25.7 Å². The molecule has 5 N–H and O–H groups in total. The molecule has 2 aromatic rings. The maximum atomic E-state index is 11.2. The summed E-state index contributed by atoms with van der Waals surface area (Å²) in [5, 5.41) is 17.0. The molecular formula is C20H22BrN5O4. The summed E-state index contributed by atoms with van der Waals surface area (Å²) in [6.07, 6.45) is 1.62. The first-order valence-corrected chi connectivity index (χ1v) is 10.2. The van der Waals surface area contributed by atoms with Crippen LogP contribution in [0.2, 0.25) is 0 Å². The molecule has 0 saturated heterocycles. The van der Waals surface area contributed by atoms with E-state index in [1.165, 1.54) is 0 Å². The highest BCUT2D eigenvalue weighted by atomic mass is 79.9. The van der Waals surface area contributed by atoms with Gasteiger partial charge in [0, 0.05) is 11.3 Å². The average Bonchev–Trinajstić information content (AvgIpc) is 3.08. The van der Waals surface area contributed by atoms with Crippen LogP contribution in [0.15, 0.2) is 28.1 Å². The van der Waals surface area contributed by atoms with Crippen LogP contribution in [-0.4, -0.2) is 29.3 Å². The predicted molar refractivity (Wildman–Crippen MR) is 112 cm³/mol. The Kier molecular flexibility index (Phi) is 6.52. The van der Waals surface area contributed by atoms with Crippen LogP contribution in [0.4, 0.5) is 0 Å². The molecule has 9 nitrogen and oxygen atoms in total. The Labute approximate surface area is 182 Å². The third-order valence-electron chi connectivity index (χ3n) is 4.54. The number of aromatic nitrogens is 2. The predicted octanol–water partition coefficient (Wildman–Crippen LogP) is 2.61. The lowest BCUT2D eigenvalue weighted by molar-refractivity contribution is -0.119. The van der Waals surface area contributed by atoms with Gasteiger partial charge in [0.25, 0.3) is 5.91 Å². The number of benzene rings is 1. The normalized spacial score (nSPS) is 15.2. The van der Waals surface area contributed by atoms with Crippen molar-refractivity contribution in [3.05, 3.63) is 44.9 Å². The highest BCUT2D eigenvalue weighted by molar-refractivity contribution is 9.10. The molecule has 10 heteroatoms. The van der Waals surface area contributed by atoms with E-state index in [9.17, 15) is 10.1 Å². The molecule has 0 saturated carbocycles. The molecule has 30 heavy (non-hydrogen) atoms. The van der Waals surface area contributed by atoms with Crippen molar-refractivity contribution < 1.29 is 19.0 Å². The number of amides is 1. The minimum absolute atomic E-state index is 0.00712. The molecule has 158 valence electrons. The molecule has 0 fully saturated rings. The quantitative estimate of drug-likeness (QED) is 0.530. The number of nitrogens with two attached hydrogens (primary N) is 2. The highest BCUT2D eigenvalue weighted by Crippen LogP contribution is 2.47. The topological polar surface area (TPSA) is 149 Å². The van der Waals surface area contributed by atoms with Gasteiger partial charge in [-0.2, -0.15) is 5.26 Å². The Morgan fingerprint density at radius 2 is 2.17 bits per heavy atom. The van der Waals surface area contributed by atoms with Crippen molar-refractivity contribution in [3.63, 3.8) is 0 Å². The summed E-state index contributed by atoms with van der Waals surface area (Å²) in [5.74, 6) is 0.0128. The number of hydrogen-bond acceptors (Lipinski definition) is 7. The number of carbonyl (C=O) groups is 1. The summed E-state index contributed by atoms with van der Waals surface area (Å²) in [5.41, 5.74) is 13.9. The summed E-state index contributed by atoms with van der Waals surface area (Å²) in [7, 11) is 0. The lowest BCUT2D eigenvalue weighted by Crippen LogP contribution is -2.22. The van der Waals surface area contributed by atoms with Crippen LogP contribution >= 0.6 is 15.9 Å². The van der Waals surface area contributed by atoms with Crippen molar-refractivity contribution in [2.24, 2.45) is 11.5 Å². The van der Waals surface area contributed by atoms with Crippen molar-refractivity contribution in [2.75, 3.05) is 13.2 Å². The molecule has 0 aliphatic carbocycles. The SMILES string of the molecule is CCCc1[nH]nc2c1C(c1cc(Br)c(OCC(N)=O)c(OCC)c1)C(C#N)=C(N)O2. The zero-order chi connectivity index (χ0) is 21.8. The molecule has 2 heterocycles. The zero-order valence-electron chi connectivity index (χ0n) is 16.6. The average molecular weight is 476 g/mol. The van der Waals surface area contributed by atoms with E-state index in [2.05, 4.69) is 39.1 Å². The van der Waals surface area contributed by atoms with Gasteiger partial charge in [-0.05, 0) is 47.0 Å². The van der Waals surface area contributed by atoms with Crippen LogP contribution in [0, 0.1) is 11.3 Å². The van der Waals surface area contributed by atoms with Gasteiger partial charge in [-0.15, -0.1) is 5.10 Å². The van der Waals surface area contributed by atoms with Crippen molar-refractivity contribution in [1.82, 2.24) is 10.2 Å². The lowest BCUT2D eigenvalue weighted by Gasteiger charge is -2.25. The third-order valence-corrected chi connectivity index (χ3v) is 5.13. The first-order chi connectivity index (χ1) is 14.4. The Hall–Kier alpha value is -3.19. The highest BCUT2D eigenvalue weighted by Gasteiger charge is 2.35. The van der Waals surface area contributed by atoms with E-state index in [-0.39, 0.29) is 18.1 Å². The maximum absolute atomic E-state index is 11.2. The lowest BCUT2D eigenvalue weighted by atomic mass is 9.83. The Bertz CT molecular complexity index is 1040. The Morgan fingerprint density at radius 1 is 1.40 bits per heavy atom. The van der Waals surface area contributed by atoms with Gasteiger partial charge in [0.1, 0.15) is 11.6 Å². The minimum Gasteiger partial charge on any atom is -0.490 e. The largest absolute Gasteiger partial charge is 0.490 e. The summed E-state index contributed by atoms with van der Waals surface area (Å²) >= 11 is 3.48. The van der Waals surface area contributed by atoms with E-state index in [1.807, 2.05) is 6.92 Å². The smallest absolute Gasteiger partial charge is 0.255 e. The molecule has 0 radical (unpaired) electrons. The molecule has 0 spiro atoms. The number of rotatable bonds is 8. The molecule has 1 aromatic carbocycles. The van der Waals surface area contributed by atoms with Crippen LogP contribution in [0.1, 0.15) is 43.0 Å². The van der Waals surface area contributed by atoms with E-state index in [4.69, 9.17) is 25.7 Å². The molecule has 1 aromatic heterocycles. The van der Waals surface area contributed by atoms with E-state index < -0.39 is 11.8 Å². The number of hydrogen-bond donors (Lipinski definition) is 3. The Balaban J connectivity index is 2.17. The fraction of sp³-hybridized carbons (Fsp3) is 0.350. The van der Waals surface area contributed by atoms with Gasteiger partial charge in [0.15, 0.2) is 18.1 Å². The van der Waals surface area contributed by atoms with Crippen molar-refractivity contribution >= 4 is 21.8 Å². The number of allylic oxidation sites excluding steroid dienone is 1. The van der Waals surface area contributed by atoms with Crippen LogP contribution < -0.4 is 25.7 Å². The van der Waals surface area contributed by atoms with Crippen LogP contribution in [0.25, 0.3) is 0 Å². The van der Waals surface area contributed by atoms with Gasteiger partial charge >= 0.3 is 0 Å². The number of carbonyl (C=O) groups excluding carboxylic acids is 1. The number of aryl methyl sites for hydroxylation is 1. The molecule has 3 rings (SSSR count). The molecule has 0 bridgehead atoms. The molecule has 1 aliphatic rings. The Morgan fingerprint density at radius 3 is 2.80 bits per heavy atom. The first kappa shape index (κ1) is 21.5. The fourth-order valence-corrected chi connectivity index (χ4v) is 3.96. The number of nitrogens with zero attached hydrogens (tertiary/aromatic N) is 2. The number of ether oxygens (including phenoxy) is 3. The van der Waals surface area contributed by atoms with Crippen molar-refractivity contribution in [1.29, 1.82) is 5.26 Å². The summed E-state index contributed by atoms with van der Waals surface area (Å²) in [6, 6.07) is 5.73. The second kappa shape index (κ2) is 9.09. The van der Waals surface area contributed by atoms with Crippen molar-refractivity contribution in [2.45, 2.75) is 32.6 Å². The maximum Gasteiger partial charge on any atom is 0.255 e. The second-order valence-electron chi connectivity index (χ2n) is 6.61. The molecule has 1 unspecified atom stereocenters. The van der Waals surface area contributed by atoms with Crippen LogP contribution in [0.5, 0.6) is 17.4 Å². The van der Waals surface area contributed by atoms with Gasteiger partial charge in [-0.1, -0.05) is 13.3 Å². The van der Waals surface area contributed by atoms with E-state index >= 15 is 0 Å². The summed E-state index contributed by atoms with van der Waals surface area (Å²) in [4.78, 5) is 11.2. The van der Waals surface area contributed by atoms with Crippen molar-refractivity contribution in [3.8, 4) is 23.4 Å². The number of fused-ring (bicyclic) bond motifs is 1.